The van der Waals surface area contributed by atoms with Crippen LogP contribution in [-0.4, -0.2) is 10.0 Å². The normalized spacial score (nSPS) is 10.8. The lowest BCUT2D eigenvalue weighted by molar-refractivity contribution is -0.383. The lowest BCUT2D eigenvalue weighted by Gasteiger charge is -2.10. The Kier molecular flexibility index (Phi) is 5.12. The molecule has 0 radical (unpaired) electrons. The number of rotatable bonds is 5. The number of non-ortho nitro benzene ring substituents is 1. The minimum atomic E-state index is -0.768. The second-order valence-electron chi connectivity index (χ2n) is 6.44. The third-order valence-corrected chi connectivity index (χ3v) is 4.80. The van der Waals surface area contributed by atoms with Crippen molar-refractivity contribution < 1.29 is 19.2 Å². The SMILES string of the molecule is O=c1c(O)c(-c2ccc(OCc3ccccc3)c(Cl)c2)oc2c([N+](=O)[O-])cccc12. The molecule has 0 atom stereocenters. The first-order valence-corrected chi connectivity index (χ1v) is 9.23. The number of nitro groups is 1. The Balaban J connectivity index is 1.74. The van der Waals surface area contributed by atoms with Crippen LogP contribution in [0.1, 0.15) is 5.56 Å². The minimum Gasteiger partial charge on any atom is -0.502 e. The molecule has 1 N–H and O–H groups in total. The number of para-hydroxylation sites is 1. The van der Waals surface area contributed by atoms with Crippen LogP contribution in [0.2, 0.25) is 5.02 Å². The summed E-state index contributed by atoms with van der Waals surface area (Å²) in [6.07, 6.45) is 0. The fourth-order valence-electron chi connectivity index (χ4n) is 3.03. The number of halogens is 1. The number of fused-ring (bicyclic) bond motifs is 1. The third-order valence-electron chi connectivity index (χ3n) is 4.50. The van der Waals surface area contributed by atoms with Crippen LogP contribution in [0.15, 0.2) is 75.9 Å². The van der Waals surface area contributed by atoms with Crippen molar-refractivity contribution in [1.82, 2.24) is 0 Å². The Hall–Kier alpha value is -3.84. The molecule has 7 nitrogen and oxygen atoms in total. The fraction of sp³-hybridized carbons (Fsp3) is 0.0455. The predicted octanol–water partition coefficient (Wildman–Crippen LogP) is 5.31. The van der Waals surface area contributed by atoms with Crippen molar-refractivity contribution in [1.29, 1.82) is 0 Å². The zero-order valence-corrected chi connectivity index (χ0v) is 16.1. The summed E-state index contributed by atoms with van der Waals surface area (Å²) in [6, 6.07) is 18.0. The van der Waals surface area contributed by atoms with Gasteiger partial charge in [0.1, 0.15) is 12.4 Å². The van der Waals surface area contributed by atoms with Crippen molar-refractivity contribution in [2.24, 2.45) is 0 Å². The predicted molar refractivity (Wildman–Crippen MR) is 112 cm³/mol. The lowest BCUT2D eigenvalue weighted by atomic mass is 10.1. The second kappa shape index (κ2) is 7.88. The Morgan fingerprint density at radius 3 is 2.53 bits per heavy atom. The van der Waals surface area contributed by atoms with E-state index in [4.69, 9.17) is 20.8 Å². The van der Waals surface area contributed by atoms with Crippen molar-refractivity contribution in [3.05, 3.63) is 97.7 Å². The highest BCUT2D eigenvalue weighted by atomic mass is 35.5. The van der Waals surface area contributed by atoms with E-state index in [-0.39, 0.29) is 33.0 Å². The largest absolute Gasteiger partial charge is 0.502 e. The zero-order valence-electron chi connectivity index (χ0n) is 15.4. The summed E-state index contributed by atoms with van der Waals surface area (Å²) >= 11 is 6.30. The van der Waals surface area contributed by atoms with E-state index in [1.807, 2.05) is 30.3 Å². The number of ether oxygens (including phenoxy) is 1. The van der Waals surface area contributed by atoms with Gasteiger partial charge in [-0.05, 0) is 29.8 Å². The molecule has 3 aromatic carbocycles. The second-order valence-corrected chi connectivity index (χ2v) is 6.85. The summed E-state index contributed by atoms with van der Waals surface area (Å²) in [5.74, 6) is -0.465. The summed E-state index contributed by atoms with van der Waals surface area (Å²) in [6.45, 7) is 0.308. The molecule has 0 saturated carbocycles. The molecule has 0 aliphatic rings. The van der Waals surface area contributed by atoms with Crippen LogP contribution in [-0.2, 0) is 6.61 Å². The maximum absolute atomic E-state index is 12.5. The Morgan fingerprint density at radius 1 is 1.07 bits per heavy atom. The number of nitro benzene ring substituents is 1. The first kappa shape index (κ1) is 19.5. The molecule has 8 heteroatoms. The molecule has 0 bridgehead atoms. The third kappa shape index (κ3) is 3.58. The molecular weight excluding hydrogens is 410 g/mol. The number of hydrogen-bond acceptors (Lipinski definition) is 6. The van der Waals surface area contributed by atoms with Gasteiger partial charge in [-0.2, -0.15) is 0 Å². The van der Waals surface area contributed by atoms with E-state index in [2.05, 4.69) is 0 Å². The molecule has 0 saturated heterocycles. The van der Waals surface area contributed by atoms with Crippen LogP contribution in [0.5, 0.6) is 11.5 Å². The summed E-state index contributed by atoms with van der Waals surface area (Å²) in [7, 11) is 0. The Bertz CT molecular complexity index is 1320. The van der Waals surface area contributed by atoms with Gasteiger partial charge in [-0.1, -0.05) is 48.0 Å². The van der Waals surface area contributed by atoms with Crippen molar-refractivity contribution in [2.75, 3.05) is 0 Å². The summed E-state index contributed by atoms with van der Waals surface area (Å²) in [5, 5.41) is 21.8. The van der Waals surface area contributed by atoms with E-state index < -0.39 is 16.1 Å². The van der Waals surface area contributed by atoms with E-state index in [0.29, 0.717) is 12.4 Å². The zero-order chi connectivity index (χ0) is 21.3. The van der Waals surface area contributed by atoms with Gasteiger partial charge in [-0.15, -0.1) is 0 Å². The standard InChI is InChI=1S/C22H14ClNO6/c23-16-11-14(9-10-18(16)29-12-13-5-2-1-3-6-13)21-20(26)19(25)15-7-4-8-17(24(27)28)22(15)30-21/h1-11,26H,12H2. The van der Waals surface area contributed by atoms with Gasteiger partial charge in [-0.3, -0.25) is 14.9 Å². The molecule has 0 amide bonds. The summed E-state index contributed by atoms with van der Waals surface area (Å²) in [5.41, 5.74) is -0.124. The molecule has 4 rings (SSSR count). The van der Waals surface area contributed by atoms with Gasteiger partial charge in [0.2, 0.25) is 16.8 Å². The molecule has 150 valence electrons. The molecule has 4 aromatic rings. The molecule has 0 unspecified atom stereocenters. The van der Waals surface area contributed by atoms with Crippen LogP contribution in [0.4, 0.5) is 5.69 Å². The van der Waals surface area contributed by atoms with E-state index in [1.54, 1.807) is 12.1 Å². The molecule has 0 spiro atoms. The van der Waals surface area contributed by atoms with Gasteiger partial charge in [-0.25, -0.2) is 0 Å². The van der Waals surface area contributed by atoms with E-state index in [1.165, 1.54) is 24.3 Å². The topological polar surface area (TPSA) is 103 Å². The lowest BCUT2D eigenvalue weighted by Crippen LogP contribution is -2.04. The van der Waals surface area contributed by atoms with Crippen LogP contribution in [0.25, 0.3) is 22.3 Å². The van der Waals surface area contributed by atoms with Crippen molar-refractivity contribution in [2.45, 2.75) is 6.61 Å². The van der Waals surface area contributed by atoms with Gasteiger partial charge in [0.15, 0.2) is 5.76 Å². The highest BCUT2D eigenvalue weighted by Gasteiger charge is 2.22. The maximum atomic E-state index is 12.5. The highest BCUT2D eigenvalue weighted by molar-refractivity contribution is 6.32. The van der Waals surface area contributed by atoms with Crippen molar-refractivity contribution in [3.8, 4) is 22.8 Å². The van der Waals surface area contributed by atoms with Gasteiger partial charge in [0, 0.05) is 11.6 Å². The van der Waals surface area contributed by atoms with Gasteiger partial charge in [0.05, 0.1) is 15.3 Å². The summed E-state index contributed by atoms with van der Waals surface area (Å²) in [4.78, 5) is 23.2. The molecular formula is C22H14ClNO6. The van der Waals surface area contributed by atoms with E-state index >= 15 is 0 Å². The molecule has 30 heavy (non-hydrogen) atoms. The summed E-state index contributed by atoms with van der Waals surface area (Å²) < 4.78 is 11.3. The Morgan fingerprint density at radius 2 is 1.83 bits per heavy atom. The average molecular weight is 424 g/mol. The van der Waals surface area contributed by atoms with Crippen molar-refractivity contribution in [3.63, 3.8) is 0 Å². The van der Waals surface area contributed by atoms with Crippen LogP contribution in [0.3, 0.4) is 0 Å². The Labute approximate surface area is 174 Å². The number of hydrogen-bond donors (Lipinski definition) is 1. The first-order valence-electron chi connectivity index (χ1n) is 8.85. The highest BCUT2D eigenvalue weighted by Crippen LogP contribution is 2.37. The molecule has 1 heterocycles. The monoisotopic (exact) mass is 423 g/mol. The van der Waals surface area contributed by atoms with Crippen LogP contribution >= 0.6 is 11.6 Å². The fourth-order valence-corrected chi connectivity index (χ4v) is 3.26. The molecule has 0 fully saturated rings. The molecule has 0 aliphatic heterocycles. The maximum Gasteiger partial charge on any atom is 0.312 e. The number of nitrogens with zero attached hydrogens (tertiary/aromatic N) is 1. The molecule has 1 aromatic heterocycles. The van der Waals surface area contributed by atoms with Gasteiger partial charge < -0.3 is 14.3 Å². The minimum absolute atomic E-state index is 0.0839. The van der Waals surface area contributed by atoms with Gasteiger partial charge >= 0.3 is 5.69 Å². The average Bonchev–Trinajstić information content (AvgIpc) is 2.75. The number of aromatic hydroxyl groups is 1. The van der Waals surface area contributed by atoms with Crippen molar-refractivity contribution >= 4 is 28.3 Å². The first-order chi connectivity index (χ1) is 14.5. The van der Waals surface area contributed by atoms with Gasteiger partial charge in [0.25, 0.3) is 0 Å². The van der Waals surface area contributed by atoms with E-state index in [9.17, 15) is 20.0 Å². The van der Waals surface area contributed by atoms with Crippen LogP contribution < -0.4 is 10.2 Å². The van der Waals surface area contributed by atoms with Crippen LogP contribution in [0, 0.1) is 10.1 Å². The van der Waals surface area contributed by atoms with E-state index in [0.717, 1.165) is 5.56 Å². The molecule has 0 aliphatic carbocycles. The quantitative estimate of drug-likeness (QED) is 0.345. The smallest absolute Gasteiger partial charge is 0.312 e. The number of benzene rings is 3.